The van der Waals surface area contributed by atoms with E-state index in [0.717, 1.165) is 46.7 Å². The number of amides is 1. The molecule has 0 bridgehead atoms. The van der Waals surface area contributed by atoms with Crippen LogP contribution in [0.1, 0.15) is 59.1 Å². The second kappa shape index (κ2) is 12.2. The van der Waals surface area contributed by atoms with E-state index < -0.39 is 0 Å². The summed E-state index contributed by atoms with van der Waals surface area (Å²) in [5, 5.41) is 5.11. The van der Waals surface area contributed by atoms with Gasteiger partial charge in [0, 0.05) is 32.4 Å². The minimum absolute atomic E-state index is 0.135. The van der Waals surface area contributed by atoms with Gasteiger partial charge in [-0.25, -0.2) is 4.99 Å². The third-order valence-corrected chi connectivity index (χ3v) is 9.15. The molecule has 40 heavy (non-hydrogen) atoms. The number of aliphatic imine (C=N–C) groups is 1. The maximum absolute atomic E-state index is 13.6. The van der Waals surface area contributed by atoms with Crippen molar-refractivity contribution < 1.29 is 9.53 Å². The first kappa shape index (κ1) is 28.4. The van der Waals surface area contributed by atoms with Crippen molar-refractivity contribution >= 4 is 57.3 Å². The van der Waals surface area contributed by atoms with E-state index >= 15 is 0 Å². The Morgan fingerprint density at radius 1 is 1.05 bits per heavy atom. The number of carbonyl (C=O) groups is 1. The second-order valence-electron chi connectivity index (χ2n) is 11.2. The van der Waals surface area contributed by atoms with Crippen molar-refractivity contribution in [1.82, 2.24) is 0 Å². The van der Waals surface area contributed by atoms with Crippen molar-refractivity contribution in [3.05, 3.63) is 110 Å². The number of carbonyl (C=O) groups excluding carboxylic acids is 1. The van der Waals surface area contributed by atoms with E-state index in [4.69, 9.17) is 32.9 Å². The maximum Gasteiger partial charge on any atom is 0.259 e. The van der Waals surface area contributed by atoms with Gasteiger partial charge in [0.2, 0.25) is 0 Å². The molecule has 3 aromatic carbocycles. The zero-order valence-electron chi connectivity index (χ0n) is 22.8. The van der Waals surface area contributed by atoms with Gasteiger partial charge in [0.15, 0.2) is 0 Å². The van der Waals surface area contributed by atoms with Crippen molar-refractivity contribution in [1.29, 1.82) is 0 Å². The number of halogens is 2. The number of hydrogen-bond donors (Lipinski definition) is 1. The second-order valence-corrected chi connectivity index (χ2v) is 13.1. The van der Waals surface area contributed by atoms with Crippen LogP contribution >= 0.6 is 34.5 Å². The number of anilines is 1. The van der Waals surface area contributed by atoms with Crippen LogP contribution in [-0.4, -0.2) is 12.1 Å². The van der Waals surface area contributed by atoms with Gasteiger partial charge >= 0.3 is 0 Å². The normalized spacial score (nSPS) is 15.2. The van der Waals surface area contributed by atoms with E-state index in [9.17, 15) is 4.79 Å². The third-order valence-electron chi connectivity index (χ3n) is 7.36. The first-order chi connectivity index (χ1) is 19.2. The number of thiophene rings is 1. The standard InChI is InChI=1S/C33H32Cl2N2O2S/c1-33(2,3)23-10-17-27-29(18-23)40-32(30(27)31(38)37-25-13-11-24(34)12-14-25)36-19-21-8-15-26(16-9-21)39-20-22-6-4-5-7-28(22)35/h4-9,11-16,19,23H,10,17-18,20H2,1-3H3,(H,37,38)/t23-/m0/s1. The molecule has 0 saturated heterocycles. The van der Waals surface area contributed by atoms with Crippen LogP contribution in [0.4, 0.5) is 10.7 Å². The van der Waals surface area contributed by atoms with Crippen LogP contribution in [0.3, 0.4) is 0 Å². The van der Waals surface area contributed by atoms with Gasteiger partial charge in [-0.15, -0.1) is 11.3 Å². The van der Waals surface area contributed by atoms with Crippen LogP contribution in [0.15, 0.2) is 77.8 Å². The van der Waals surface area contributed by atoms with Crippen molar-refractivity contribution in [3.63, 3.8) is 0 Å². The Hall–Kier alpha value is -3.12. The lowest BCUT2D eigenvalue weighted by Gasteiger charge is -2.33. The molecule has 0 spiro atoms. The lowest BCUT2D eigenvalue weighted by molar-refractivity contribution is 0.102. The molecular formula is C33H32Cl2N2O2S. The lowest BCUT2D eigenvalue weighted by Crippen LogP contribution is -2.27. The molecule has 1 aliphatic carbocycles. The minimum atomic E-state index is -0.135. The van der Waals surface area contributed by atoms with E-state index in [2.05, 4.69) is 26.1 Å². The molecule has 4 nitrogen and oxygen atoms in total. The van der Waals surface area contributed by atoms with Gasteiger partial charge in [0.25, 0.3) is 5.91 Å². The van der Waals surface area contributed by atoms with E-state index in [1.807, 2.05) is 66.9 Å². The highest BCUT2D eigenvalue weighted by molar-refractivity contribution is 7.16. The maximum atomic E-state index is 13.6. The number of nitrogens with zero attached hydrogens (tertiary/aromatic N) is 1. The quantitative estimate of drug-likeness (QED) is 0.218. The summed E-state index contributed by atoms with van der Waals surface area (Å²) in [5.41, 5.74) is 4.60. The molecule has 206 valence electrons. The highest BCUT2D eigenvalue weighted by atomic mass is 35.5. The number of hydrogen-bond acceptors (Lipinski definition) is 4. The topological polar surface area (TPSA) is 50.7 Å². The van der Waals surface area contributed by atoms with Crippen molar-refractivity contribution in [2.75, 3.05) is 5.32 Å². The largest absolute Gasteiger partial charge is 0.489 e. The van der Waals surface area contributed by atoms with Gasteiger partial charge < -0.3 is 10.1 Å². The van der Waals surface area contributed by atoms with Crippen LogP contribution in [-0.2, 0) is 19.4 Å². The molecule has 0 fully saturated rings. The number of rotatable bonds is 7. The molecule has 1 aliphatic rings. The summed E-state index contributed by atoms with van der Waals surface area (Å²) in [4.78, 5) is 19.7. The number of nitrogens with one attached hydrogen (secondary N) is 1. The summed E-state index contributed by atoms with van der Waals surface area (Å²) in [6.45, 7) is 7.29. The fraction of sp³-hybridized carbons (Fsp3) is 0.273. The Bertz CT molecular complexity index is 1520. The highest BCUT2D eigenvalue weighted by Crippen LogP contribution is 2.45. The zero-order chi connectivity index (χ0) is 28.3. The molecule has 4 aromatic rings. The van der Waals surface area contributed by atoms with Crippen molar-refractivity contribution in [2.24, 2.45) is 16.3 Å². The Morgan fingerprint density at radius 3 is 2.48 bits per heavy atom. The van der Waals surface area contributed by atoms with E-state index in [0.29, 0.717) is 33.8 Å². The van der Waals surface area contributed by atoms with Gasteiger partial charge in [-0.05, 0) is 96.3 Å². The number of fused-ring (bicyclic) bond motifs is 1. The Morgan fingerprint density at radius 2 is 1.77 bits per heavy atom. The first-order valence-corrected chi connectivity index (χ1v) is 15.0. The van der Waals surface area contributed by atoms with Gasteiger partial charge in [-0.1, -0.05) is 62.2 Å². The molecule has 0 saturated carbocycles. The average Bonchev–Trinajstić information content (AvgIpc) is 3.31. The summed E-state index contributed by atoms with van der Waals surface area (Å²) in [6, 6.07) is 22.6. The summed E-state index contributed by atoms with van der Waals surface area (Å²) < 4.78 is 5.91. The molecule has 0 radical (unpaired) electrons. The molecule has 1 heterocycles. The van der Waals surface area contributed by atoms with E-state index in [1.165, 1.54) is 4.88 Å². The van der Waals surface area contributed by atoms with Crippen LogP contribution < -0.4 is 10.1 Å². The van der Waals surface area contributed by atoms with Gasteiger partial charge in [-0.2, -0.15) is 0 Å². The Kier molecular flexibility index (Phi) is 8.65. The Labute approximate surface area is 250 Å². The van der Waals surface area contributed by atoms with Crippen LogP contribution in [0.2, 0.25) is 10.0 Å². The Balaban J connectivity index is 1.37. The molecular weight excluding hydrogens is 559 g/mol. The number of ether oxygens (including phenoxy) is 1. The van der Waals surface area contributed by atoms with Crippen molar-refractivity contribution in [2.45, 2.75) is 46.6 Å². The zero-order valence-corrected chi connectivity index (χ0v) is 25.2. The highest BCUT2D eigenvalue weighted by Gasteiger charge is 2.33. The fourth-order valence-corrected chi connectivity index (χ4v) is 6.51. The average molecular weight is 592 g/mol. The molecule has 0 unspecified atom stereocenters. The molecule has 1 atom stereocenters. The van der Waals surface area contributed by atoms with Gasteiger partial charge in [0.1, 0.15) is 17.4 Å². The molecule has 1 N–H and O–H groups in total. The van der Waals surface area contributed by atoms with Crippen LogP contribution in [0.5, 0.6) is 5.75 Å². The molecule has 1 amide bonds. The smallest absolute Gasteiger partial charge is 0.259 e. The van der Waals surface area contributed by atoms with E-state index in [-0.39, 0.29) is 11.3 Å². The van der Waals surface area contributed by atoms with Crippen molar-refractivity contribution in [3.8, 4) is 5.75 Å². The summed E-state index contributed by atoms with van der Waals surface area (Å²) in [6.07, 6.45) is 4.73. The molecule has 1 aromatic heterocycles. The molecule has 5 rings (SSSR count). The SMILES string of the molecule is CC(C)(C)[C@H]1CCc2c(sc(N=Cc3ccc(OCc4ccccc4Cl)cc3)c2C(=O)Nc2ccc(Cl)cc2)C1. The predicted molar refractivity (Wildman–Crippen MR) is 168 cm³/mol. The summed E-state index contributed by atoms with van der Waals surface area (Å²) in [5.74, 6) is 1.19. The molecule has 0 aliphatic heterocycles. The summed E-state index contributed by atoms with van der Waals surface area (Å²) >= 11 is 13.9. The minimum Gasteiger partial charge on any atom is -0.489 e. The first-order valence-electron chi connectivity index (χ1n) is 13.4. The van der Waals surface area contributed by atoms with Crippen LogP contribution in [0, 0.1) is 11.3 Å². The lowest BCUT2D eigenvalue weighted by atomic mass is 9.72. The van der Waals surface area contributed by atoms with Crippen LogP contribution in [0.25, 0.3) is 0 Å². The monoisotopic (exact) mass is 590 g/mol. The number of benzene rings is 3. The van der Waals surface area contributed by atoms with Gasteiger partial charge in [0.05, 0.1) is 5.56 Å². The van der Waals surface area contributed by atoms with Gasteiger partial charge in [-0.3, -0.25) is 4.79 Å². The molecule has 7 heteroatoms. The third kappa shape index (κ3) is 6.77. The van der Waals surface area contributed by atoms with E-state index in [1.54, 1.807) is 23.5 Å². The summed E-state index contributed by atoms with van der Waals surface area (Å²) in [7, 11) is 0. The fourth-order valence-electron chi connectivity index (χ4n) is 4.92. The predicted octanol–water partition coefficient (Wildman–Crippen LogP) is 9.79.